The maximum atomic E-state index is 12.3. The summed E-state index contributed by atoms with van der Waals surface area (Å²) in [6.07, 6.45) is 0.722. The van der Waals surface area contributed by atoms with Crippen LogP contribution in [0.2, 0.25) is 0 Å². The molecule has 0 saturated heterocycles. The number of carbonyl (C=O) groups is 1. The van der Waals surface area contributed by atoms with Gasteiger partial charge < -0.3 is 10.6 Å². The number of nitrogens with two attached hydrogens (primary N) is 1. The Labute approximate surface area is 123 Å². The van der Waals surface area contributed by atoms with Crippen LogP contribution in [0, 0.1) is 6.92 Å². The predicted octanol–water partition coefficient (Wildman–Crippen LogP) is 2.22. The number of aryl methyl sites for hydroxylation is 1. The van der Waals surface area contributed by atoms with Gasteiger partial charge in [-0.2, -0.15) is 0 Å². The number of amides is 1. The fourth-order valence-corrected chi connectivity index (χ4v) is 2.75. The first kappa shape index (κ1) is 14.7. The Morgan fingerprint density at radius 1 is 1.40 bits per heavy atom. The van der Waals surface area contributed by atoms with Crippen molar-refractivity contribution >= 4 is 17.2 Å². The highest BCUT2D eigenvalue weighted by Crippen LogP contribution is 2.14. The van der Waals surface area contributed by atoms with Gasteiger partial charge in [-0.05, 0) is 24.6 Å². The van der Waals surface area contributed by atoms with Crippen molar-refractivity contribution in [3.63, 3.8) is 0 Å². The summed E-state index contributed by atoms with van der Waals surface area (Å²) in [4.78, 5) is 18.3. The molecule has 5 heteroatoms. The van der Waals surface area contributed by atoms with Crippen molar-refractivity contribution in [3.8, 4) is 0 Å². The van der Waals surface area contributed by atoms with Crippen LogP contribution in [0.4, 0.5) is 0 Å². The highest BCUT2D eigenvalue weighted by molar-refractivity contribution is 7.09. The average molecular weight is 289 g/mol. The first-order valence-electron chi connectivity index (χ1n) is 6.56. The Balaban J connectivity index is 2.06. The van der Waals surface area contributed by atoms with E-state index in [1.165, 1.54) is 16.9 Å². The molecule has 1 aromatic heterocycles. The molecule has 0 atom stereocenters. The van der Waals surface area contributed by atoms with Crippen molar-refractivity contribution in [3.05, 3.63) is 51.5 Å². The van der Waals surface area contributed by atoms with Crippen molar-refractivity contribution in [1.29, 1.82) is 0 Å². The zero-order valence-electron chi connectivity index (χ0n) is 11.8. The minimum absolute atomic E-state index is 0.0484. The van der Waals surface area contributed by atoms with E-state index >= 15 is 0 Å². The van der Waals surface area contributed by atoms with E-state index in [0.29, 0.717) is 18.8 Å². The number of benzene rings is 1. The molecule has 2 aromatic rings. The van der Waals surface area contributed by atoms with Crippen molar-refractivity contribution in [1.82, 2.24) is 9.88 Å². The molecule has 0 spiro atoms. The van der Waals surface area contributed by atoms with E-state index in [2.05, 4.69) is 18.0 Å². The van der Waals surface area contributed by atoms with Crippen LogP contribution in [0.5, 0.6) is 0 Å². The molecular weight excluding hydrogens is 270 g/mol. The first-order chi connectivity index (χ1) is 9.61. The monoisotopic (exact) mass is 289 g/mol. The number of aromatic nitrogens is 1. The van der Waals surface area contributed by atoms with Crippen molar-refractivity contribution < 1.29 is 4.79 Å². The van der Waals surface area contributed by atoms with Crippen LogP contribution in [-0.2, 0) is 13.0 Å². The molecule has 1 amide bonds. The third kappa shape index (κ3) is 3.43. The molecule has 1 aromatic carbocycles. The summed E-state index contributed by atoms with van der Waals surface area (Å²) < 4.78 is 0. The molecule has 0 radical (unpaired) electrons. The van der Waals surface area contributed by atoms with E-state index in [-0.39, 0.29) is 5.91 Å². The van der Waals surface area contributed by atoms with E-state index in [1.54, 1.807) is 11.9 Å². The van der Waals surface area contributed by atoms with Gasteiger partial charge >= 0.3 is 0 Å². The topological polar surface area (TPSA) is 59.2 Å². The Kier molecular flexibility index (Phi) is 4.87. The molecule has 0 saturated carbocycles. The molecule has 2 N–H and O–H groups in total. The van der Waals surface area contributed by atoms with Crippen LogP contribution in [-0.4, -0.2) is 29.4 Å². The third-order valence-electron chi connectivity index (χ3n) is 3.14. The summed E-state index contributed by atoms with van der Waals surface area (Å²) in [6.45, 7) is 3.20. The standard InChI is InChI=1S/C15H19N3OS/c1-11-5-3-4-6-12(11)9-18(2)15(19)13-10-20-14(17-13)7-8-16/h3-6,10H,7-9,16H2,1-2H3. The second-order valence-electron chi connectivity index (χ2n) is 4.75. The lowest BCUT2D eigenvalue weighted by atomic mass is 10.1. The third-order valence-corrected chi connectivity index (χ3v) is 4.05. The van der Waals surface area contributed by atoms with E-state index in [9.17, 15) is 4.79 Å². The van der Waals surface area contributed by atoms with Crippen LogP contribution >= 0.6 is 11.3 Å². The maximum absolute atomic E-state index is 12.3. The summed E-state index contributed by atoms with van der Waals surface area (Å²) in [5.41, 5.74) is 8.35. The van der Waals surface area contributed by atoms with Crippen LogP contribution < -0.4 is 5.73 Å². The highest BCUT2D eigenvalue weighted by Gasteiger charge is 2.16. The molecule has 0 fully saturated rings. The molecule has 4 nitrogen and oxygen atoms in total. The molecular formula is C15H19N3OS. The van der Waals surface area contributed by atoms with Crippen molar-refractivity contribution in [2.24, 2.45) is 5.73 Å². The van der Waals surface area contributed by atoms with Gasteiger partial charge in [0.1, 0.15) is 5.69 Å². The van der Waals surface area contributed by atoms with Gasteiger partial charge in [0.2, 0.25) is 0 Å². The van der Waals surface area contributed by atoms with Crippen LogP contribution in [0.25, 0.3) is 0 Å². The Morgan fingerprint density at radius 2 is 2.15 bits per heavy atom. The molecule has 0 aliphatic rings. The quantitative estimate of drug-likeness (QED) is 0.918. The molecule has 2 rings (SSSR count). The summed E-state index contributed by atoms with van der Waals surface area (Å²) in [6, 6.07) is 8.08. The second kappa shape index (κ2) is 6.63. The molecule has 20 heavy (non-hydrogen) atoms. The van der Waals surface area contributed by atoms with Gasteiger partial charge in [0.05, 0.1) is 5.01 Å². The van der Waals surface area contributed by atoms with Gasteiger partial charge in [-0.3, -0.25) is 4.79 Å². The lowest BCUT2D eigenvalue weighted by molar-refractivity contribution is 0.0779. The summed E-state index contributed by atoms with van der Waals surface area (Å²) >= 11 is 1.49. The zero-order chi connectivity index (χ0) is 14.5. The minimum atomic E-state index is -0.0484. The van der Waals surface area contributed by atoms with Crippen LogP contribution in [0.1, 0.15) is 26.6 Å². The fraction of sp³-hybridized carbons (Fsp3) is 0.333. The lowest BCUT2D eigenvalue weighted by Crippen LogP contribution is -2.26. The molecule has 0 unspecified atom stereocenters. The van der Waals surface area contributed by atoms with Crippen molar-refractivity contribution in [2.75, 3.05) is 13.6 Å². The predicted molar refractivity (Wildman–Crippen MR) is 81.8 cm³/mol. The second-order valence-corrected chi connectivity index (χ2v) is 5.70. The first-order valence-corrected chi connectivity index (χ1v) is 7.44. The Hall–Kier alpha value is -1.72. The highest BCUT2D eigenvalue weighted by atomic mass is 32.1. The number of carbonyl (C=O) groups excluding carboxylic acids is 1. The number of hydrogen-bond donors (Lipinski definition) is 1. The van der Waals surface area contributed by atoms with Gasteiger partial charge in [-0.1, -0.05) is 24.3 Å². The largest absolute Gasteiger partial charge is 0.336 e. The maximum Gasteiger partial charge on any atom is 0.273 e. The number of rotatable bonds is 5. The molecule has 0 aliphatic heterocycles. The molecule has 0 aliphatic carbocycles. The van der Waals surface area contributed by atoms with E-state index in [1.807, 2.05) is 23.6 Å². The SMILES string of the molecule is Cc1ccccc1CN(C)C(=O)c1csc(CCN)n1. The zero-order valence-corrected chi connectivity index (χ0v) is 12.6. The van der Waals surface area contributed by atoms with Gasteiger partial charge in [0.25, 0.3) is 5.91 Å². The smallest absolute Gasteiger partial charge is 0.273 e. The Bertz CT molecular complexity index is 594. The van der Waals surface area contributed by atoms with E-state index in [4.69, 9.17) is 5.73 Å². The van der Waals surface area contributed by atoms with Crippen LogP contribution in [0.3, 0.4) is 0 Å². The summed E-state index contributed by atoms with van der Waals surface area (Å²) in [5.74, 6) is -0.0484. The van der Waals surface area contributed by atoms with Gasteiger partial charge in [0, 0.05) is 25.4 Å². The number of hydrogen-bond acceptors (Lipinski definition) is 4. The summed E-state index contributed by atoms with van der Waals surface area (Å²) in [5, 5.41) is 2.72. The normalized spacial score (nSPS) is 10.6. The number of thiazole rings is 1. The lowest BCUT2D eigenvalue weighted by Gasteiger charge is -2.17. The van der Waals surface area contributed by atoms with Gasteiger partial charge in [0.15, 0.2) is 0 Å². The minimum Gasteiger partial charge on any atom is -0.336 e. The Morgan fingerprint density at radius 3 is 2.85 bits per heavy atom. The summed E-state index contributed by atoms with van der Waals surface area (Å²) in [7, 11) is 1.80. The van der Waals surface area contributed by atoms with E-state index in [0.717, 1.165) is 17.0 Å². The molecule has 1 heterocycles. The van der Waals surface area contributed by atoms with Crippen LogP contribution in [0.15, 0.2) is 29.6 Å². The van der Waals surface area contributed by atoms with E-state index < -0.39 is 0 Å². The van der Waals surface area contributed by atoms with Gasteiger partial charge in [-0.15, -0.1) is 11.3 Å². The van der Waals surface area contributed by atoms with Gasteiger partial charge in [-0.25, -0.2) is 4.98 Å². The fourth-order valence-electron chi connectivity index (χ4n) is 1.96. The average Bonchev–Trinajstić information content (AvgIpc) is 2.89. The number of nitrogens with zero attached hydrogens (tertiary/aromatic N) is 2. The molecule has 0 bridgehead atoms. The van der Waals surface area contributed by atoms with Crippen molar-refractivity contribution in [2.45, 2.75) is 19.9 Å². The molecule has 106 valence electrons.